The summed E-state index contributed by atoms with van der Waals surface area (Å²) in [5, 5.41) is 3.20. The summed E-state index contributed by atoms with van der Waals surface area (Å²) < 4.78 is 0. The molecule has 1 fully saturated rings. The summed E-state index contributed by atoms with van der Waals surface area (Å²) in [5.74, 6) is 4.81. The fourth-order valence-corrected chi connectivity index (χ4v) is 2.63. The Morgan fingerprint density at radius 3 is 2.21 bits per heavy atom. The molecular weight excluding hydrogens is 236 g/mol. The van der Waals surface area contributed by atoms with Crippen molar-refractivity contribution in [3.05, 3.63) is 11.4 Å². The molecule has 4 heteroatoms. The van der Waals surface area contributed by atoms with Crippen molar-refractivity contribution in [1.82, 2.24) is 9.97 Å². The summed E-state index contributed by atoms with van der Waals surface area (Å²) in [7, 11) is 1.93. The molecule has 2 rings (SSSR count). The minimum absolute atomic E-state index is 0.351. The first kappa shape index (κ1) is 14.1. The van der Waals surface area contributed by atoms with E-state index in [0.29, 0.717) is 5.92 Å². The molecule has 106 valence electrons. The molecule has 2 atom stereocenters. The van der Waals surface area contributed by atoms with Crippen molar-refractivity contribution in [1.29, 1.82) is 0 Å². The summed E-state index contributed by atoms with van der Waals surface area (Å²) >= 11 is 0. The lowest BCUT2D eigenvalue weighted by atomic mass is 10.0. The average Bonchev–Trinajstić information content (AvgIpc) is 2.69. The second-order valence-corrected chi connectivity index (χ2v) is 6.14. The molecular formula is C15H26N4. The predicted molar refractivity (Wildman–Crippen MR) is 80.9 cm³/mol. The van der Waals surface area contributed by atoms with Gasteiger partial charge in [0, 0.05) is 31.6 Å². The van der Waals surface area contributed by atoms with E-state index in [-0.39, 0.29) is 0 Å². The minimum atomic E-state index is 0.351. The van der Waals surface area contributed by atoms with E-state index in [1.54, 1.807) is 0 Å². The number of nitrogens with zero attached hydrogens (tertiary/aromatic N) is 3. The maximum Gasteiger partial charge on any atom is 0.137 e. The van der Waals surface area contributed by atoms with Crippen LogP contribution in [-0.4, -0.2) is 30.1 Å². The third kappa shape index (κ3) is 2.67. The molecule has 0 radical (unpaired) electrons. The molecule has 4 nitrogen and oxygen atoms in total. The third-order valence-electron chi connectivity index (χ3n) is 4.18. The average molecular weight is 262 g/mol. The molecule has 2 unspecified atom stereocenters. The SMILES string of the molecule is CNc1nc(C(C)C)nc(N2CC(C)C(C)C2)c1C. The van der Waals surface area contributed by atoms with Gasteiger partial charge in [-0.2, -0.15) is 0 Å². The first-order valence-corrected chi connectivity index (χ1v) is 7.25. The molecule has 0 aliphatic carbocycles. The molecule has 0 saturated carbocycles. The zero-order valence-electron chi connectivity index (χ0n) is 13.0. The van der Waals surface area contributed by atoms with Gasteiger partial charge in [0.05, 0.1) is 0 Å². The van der Waals surface area contributed by atoms with Crippen LogP contribution in [0.2, 0.25) is 0 Å². The Balaban J connectivity index is 2.41. The number of aromatic nitrogens is 2. The smallest absolute Gasteiger partial charge is 0.137 e. The van der Waals surface area contributed by atoms with E-state index in [2.05, 4.69) is 49.8 Å². The summed E-state index contributed by atoms with van der Waals surface area (Å²) in [5.41, 5.74) is 1.16. The topological polar surface area (TPSA) is 41.1 Å². The van der Waals surface area contributed by atoms with E-state index in [4.69, 9.17) is 4.98 Å². The highest BCUT2D eigenvalue weighted by Crippen LogP contribution is 2.31. The van der Waals surface area contributed by atoms with Crippen molar-refractivity contribution in [2.24, 2.45) is 11.8 Å². The second kappa shape index (κ2) is 5.35. The lowest BCUT2D eigenvalue weighted by molar-refractivity contribution is 0.494. The summed E-state index contributed by atoms with van der Waals surface area (Å²) in [6.07, 6.45) is 0. The van der Waals surface area contributed by atoms with Gasteiger partial charge in [-0.15, -0.1) is 0 Å². The Labute approximate surface area is 116 Å². The maximum atomic E-state index is 4.81. The number of hydrogen-bond acceptors (Lipinski definition) is 4. The molecule has 1 N–H and O–H groups in total. The van der Waals surface area contributed by atoms with Gasteiger partial charge in [0.2, 0.25) is 0 Å². The maximum absolute atomic E-state index is 4.81. The monoisotopic (exact) mass is 262 g/mol. The standard InChI is InChI=1S/C15H26N4/c1-9(2)13-17-14(16-6)12(5)15(18-13)19-7-10(3)11(4)8-19/h9-11H,7-8H2,1-6H3,(H,16,17,18). The van der Waals surface area contributed by atoms with Crippen LogP contribution in [0.25, 0.3) is 0 Å². The van der Waals surface area contributed by atoms with Gasteiger partial charge in [0.15, 0.2) is 0 Å². The zero-order chi connectivity index (χ0) is 14.2. The van der Waals surface area contributed by atoms with Gasteiger partial charge >= 0.3 is 0 Å². The molecule has 19 heavy (non-hydrogen) atoms. The molecule has 0 spiro atoms. The van der Waals surface area contributed by atoms with Gasteiger partial charge in [0.25, 0.3) is 0 Å². The van der Waals surface area contributed by atoms with E-state index in [0.717, 1.165) is 47.9 Å². The quantitative estimate of drug-likeness (QED) is 0.909. The highest BCUT2D eigenvalue weighted by Gasteiger charge is 2.29. The van der Waals surface area contributed by atoms with Crippen LogP contribution < -0.4 is 10.2 Å². The Bertz CT molecular complexity index is 446. The number of nitrogens with one attached hydrogen (secondary N) is 1. The Hall–Kier alpha value is -1.32. The predicted octanol–water partition coefficient (Wildman–Crippen LogP) is 3.04. The van der Waals surface area contributed by atoms with E-state index < -0.39 is 0 Å². The van der Waals surface area contributed by atoms with Crippen LogP contribution in [-0.2, 0) is 0 Å². The summed E-state index contributed by atoms with van der Waals surface area (Å²) in [4.78, 5) is 11.8. The van der Waals surface area contributed by atoms with Crippen LogP contribution in [0.5, 0.6) is 0 Å². The molecule has 1 aromatic rings. The van der Waals surface area contributed by atoms with Crippen LogP contribution in [0, 0.1) is 18.8 Å². The Morgan fingerprint density at radius 2 is 1.74 bits per heavy atom. The highest BCUT2D eigenvalue weighted by molar-refractivity contribution is 5.59. The van der Waals surface area contributed by atoms with Crippen molar-refractivity contribution in [2.45, 2.75) is 40.5 Å². The number of anilines is 2. The van der Waals surface area contributed by atoms with E-state index in [9.17, 15) is 0 Å². The zero-order valence-corrected chi connectivity index (χ0v) is 13.0. The number of hydrogen-bond donors (Lipinski definition) is 1. The molecule has 1 aromatic heterocycles. The summed E-state index contributed by atoms with van der Waals surface area (Å²) in [6, 6.07) is 0. The van der Waals surface area contributed by atoms with Crippen LogP contribution in [0.4, 0.5) is 11.6 Å². The van der Waals surface area contributed by atoms with E-state index in [1.165, 1.54) is 0 Å². The van der Waals surface area contributed by atoms with Gasteiger partial charge < -0.3 is 10.2 Å². The molecule has 0 amide bonds. The van der Waals surface area contributed by atoms with Gasteiger partial charge in [-0.05, 0) is 18.8 Å². The lowest BCUT2D eigenvalue weighted by Crippen LogP contribution is -2.23. The van der Waals surface area contributed by atoms with Crippen LogP contribution in [0.15, 0.2) is 0 Å². The molecule has 0 bridgehead atoms. The molecule has 0 aromatic carbocycles. The number of rotatable bonds is 3. The van der Waals surface area contributed by atoms with Gasteiger partial charge in [-0.25, -0.2) is 9.97 Å². The Kier molecular flexibility index (Phi) is 3.97. The van der Waals surface area contributed by atoms with Crippen molar-refractivity contribution in [3.63, 3.8) is 0 Å². The first-order chi connectivity index (χ1) is 8.93. The van der Waals surface area contributed by atoms with Crippen molar-refractivity contribution in [2.75, 3.05) is 30.4 Å². The first-order valence-electron chi connectivity index (χ1n) is 7.25. The minimum Gasteiger partial charge on any atom is -0.373 e. The molecule has 1 saturated heterocycles. The van der Waals surface area contributed by atoms with Gasteiger partial charge in [0.1, 0.15) is 17.5 Å². The third-order valence-corrected chi connectivity index (χ3v) is 4.18. The van der Waals surface area contributed by atoms with E-state index >= 15 is 0 Å². The fourth-order valence-electron chi connectivity index (χ4n) is 2.63. The molecule has 2 heterocycles. The Morgan fingerprint density at radius 1 is 1.16 bits per heavy atom. The summed E-state index contributed by atoms with van der Waals surface area (Å²) in [6.45, 7) is 13.2. The largest absolute Gasteiger partial charge is 0.373 e. The van der Waals surface area contributed by atoms with Crippen LogP contribution in [0.3, 0.4) is 0 Å². The van der Waals surface area contributed by atoms with Crippen molar-refractivity contribution in [3.8, 4) is 0 Å². The second-order valence-electron chi connectivity index (χ2n) is 6.14. The van der Waals surface area contributed by atoms with Crippen LogP contribution in [0.1, 0.15) is 45.0 Å². The van der Waals surface area contributed by atoms with Crippen molar-refractivity contribution >= 4 is 11.6 Å². The molecule has 1 aliphatic heterocycles. The highest BCUT2D eigenvalue weighted by atomic mass is 15.2. The fraction of sp³-hybridized carbons (Fsp3) is 0.733. The van der Waals surface area contributed by atoms with Gasteiger partial charge in [-0.1, -0.05) is 27.7 Å². The lowest BCUT2D eigenvalue weighted by Gasteiger charge is -2.22. The van der Waals surface area contributed by atoms with Crippen LogP contribution >= 0.6 is 0 Å². The van der Waals surface area contributed by atoms with Crippen molar-refractivity contribution < 1.29 is 0 Å². The van der Waals surface area contributed by atoms with E-state index in [1.807, 2.05) is 7.05 Å². The molecule has 1 aliphatic rings. The normalized spacial score (nSPS) is 23.2. The van der Waals surface area contributed by atoms with Gasteiger partial charge in [-0.3, -0.25) is 0 Å².